The van der Waals surface area contributed by atoms with Gasteiger partial charge in [0.15, 0.2) is 0 Å². The molecule has 0 bridgehead atoms. The summed E-state index contributed by atoms with van der Waals surface area (Å²) in [5.41, 5.74) is -0.155. The van der Waals surface area contributed by atoms with Gasteiger partial charge >= 0.3 is 11.8 Å². The summed E-state index contributed by atoms with van der Waals surface area (Å²) in [6, 6.07) is 3.86. The summed E-state index contributed by atoms with van der Waals surface area (Å²) in [7, 11) is 0. The number of likely N-dealkylation sites (tertiary alicyclic amines) is 1. The van der Waals surface area contributed by atoms with Crippen molar-refractivity contribution in [2.75, 3.05) is 18.4 Å². The van der Waals surface area contributed by atoms with Gasteiger partial charge in [-0.15, -0.1) is 0 Å². The van der Waals surface area contributed by atoms with Crippen LogP contribution in [0.15, 0.2) is 18.2 Å². The van der Waals surface area contributed by atoms with E-state index in [2.05, 4.69) is 5.32 Å². The van der Waals surface area contributed by atoms with Gasteiger partial charge in [0.05, 0.1) is 4.92 Å². The molecule has 1 aliphatic heterocycles. The summed E-state index contributed by atoms with van der Waals surface area (Å²) in [5, 5.41) is 13.2. The summed E-state index contributed by atoms with van der Waals surface area (Å²) < 4.78 is 0. The maximum Gasteiger partial charge on any atom is 0.313 e. The number of anilines is 1. The standard InChI is InChI=1S/C14H16ClN3O4/c1-9-3-2-6-17(8-9)14(20)13(19)16-10-4-5-11(15)12(7-10)18(21)22/h4-5,7,9H,2-3,6,8H2,1H3,(H,16,19). The van der Waals surface area contributed by atoms with Gasteiger partial charge in [0.25, 0.3) is 5.69 Å². The zero-order valence-corrected chi connectivity index (χ0v) is 12.8. The van der Waals surface area contributed by atoms with Crippen molar-refractivity contribution >= 4 is 34.8 Å². The molecule has 1 atom stereocenters. The first kappa shape index (κ1) is 16.2. The number of benzene rings is 1. The van der Waals surface area contributed by atoms with E-state index < -0.39 is 16.7 Å². The monoisotopic (exact) mass is 325 g/mol. The van der Waals surface area contributed by atoms with Crippen LogP contribution in [0.1, 0.15) is 19.8 Å². The van der Waals surface area contributed by atoms with Crippen LogP contribution in [0.2, 0.25) is 5.02 Å². The van der Waals surface area contributed by atoms with Crippen molar-refractivity contribution in [3.05, 3.63) is 33.3 Å². The number of nitrogens with one attached hydrogen (secondary N) is 1. The van der Waals surface area contributed by atoms with Gasteiger partial charge in [0.2, 0.25) is 0 Å². The van der Waals surface area contributed by atoms with Crippen molar-refractivity contribution < 1.29 is 14.5 Å². The Morgan fingerprint density at radius 1 is 1.45 bits per heavy atom. The lowest BCUT2D eigenvalue weighted by Gasteiger charge is -2.30. The number of nitro benzene ring substituents is 1. The number of rotatable bonds is 2. The van der Waals surface area contributed by atoms with Crippen LogP contribution in [0.5, 0.6) is 0 Å². The molecule has 7 nitrogen and oxygen atoms in total. The fourth-order valence-electron chi connectivity index (χ4n) is 2.43. The number of nitro groups is 1. The number of carbonyl (C=O) groups excluding carboxylic acids is 2. The first-order valence-electron chi connectivity index (χ1n) is 6.92. The molecule has 1 saturated heterocycles. The quantitative estimate of drug-likeness (QED) is 0.513. The molecule has 2 rings (SSSR count). The summed E-state index contributed by atoms with van der Waals surface area (Å²) in [6.45, 7) is 3.13. The fraction of sp³-hybridized carbons (Fsp3) is 0.429. The first-order valence-corrected chi connectivity index (χ1v) is 7.30. The van der Waals surface area contributed by atoms with Gasteiger partial charge < -0.3 is 10.2 Å². The minimum absolute atomic E-state index is 0.0285. The van der Waals surface area contributed by atoms with Crippen LogP contribution in [0.25, 0.3) is 0 Å². The Kier molecular flexibility index (Phi) is 4.97. The Bertz CT molecular complexity index is 620. The van der Waals surface area contributed by atoms with E-state index in [1.165, 1.54) is 17.0 Å². The third-order valence-electron chi connectivity index (χ3n) is 3.54. The van der Waals surface area contributed by atoms with E-state index in [0.29, 0.717) is 19.0 Å². The van der Waals surface area contributed by atoms with Crippen LogP contribution in [0, 0.1) is 16.0 Å². The molecule has 0 spiro atoms. The van der Waals surface area contributed by atoms with Crippen molar-refractivity contribution in [2.24, 2.45) is 5.92 Å². The Labute approximate surface area is 132 Å². The van der Waals surface area contributed by atoms with Crippen molar-refractivity contribution in [3.8, 4) is 0 Å². The number of hydrogen-bond acceptors (Lipinski definition) is 4. The Hall–Kier alpha value is -2.15. The van der Waals surface area contributed by atoms with E-state index in [4.69, 9.17) is 11.6 Å². The molecule has 0 aromatic heterocycles. The molecule has 1 unspecified atom stereocenters. The first-order chi connectivity index (χ1) is 10.4. The molecule has 8 heteroatoms. The molecule has 118 valence electrons. The van der Waals surface area contributed by atoms with E-state index >= 15 is 0 Å². The summed E-state index contributed by atoms with van der Waals surface area (Å²) >= 11 is 5.70. The second-order valence-electron chi connectivity index (χ2n) is 5.38. The number of nitrogens with zero attached hydrogens (tertiary/aromatic N) is 2. The van der Waals surface area contributed by atoms with Gasteiger partial charge in [-0.25, -0.2) is 0 Å². The molecule has 1 N–H and O–H groups in total. The van der Waals surface area contributed by atoms with Gasteiger partial charge in [-0.2, -0.15) is 0 Å². The minimum atomic E-state index is -0.800. The highest BCUT2D eigenvalue weighted by atomic mass is 35.5. The van der Waals surface area contributed by atoms with Crippen molar-refractivity contribution in [1.29, 1.82) is 0 Å². The van der Waals surface area contributed by atoms with Crippen LogP contribution in [0.4, 0.5) is 11.4 Å². The Morgan fingerprint density at radius 2 is 2.18 bits per heavy atom. The number of hydrogen-bond donors (Lipinski definition) is 1. The average molecular weight is 326 g/mol. The largest absolute Gasteiger partial charge is 0.334 e. The molecular weight excluding hydrogens is 310 g/mol. The van der Waals surface area contributed by atoms with Crippen molar-refractivity contribution in [2.45, 2.75) is 19.8 Å². The third-order valence-corrected chi connectivity index (χ3v) is 3.86. The van der Waals surface area contributed by atoms with Crippen LogP contribution < -0.4 is 5.32 Å². The number of piperidine rings is 1. The predicted octanol–water partition coefficient (Wildman–Crippen LogP) is 2.45. The smallest absolute Gasteiger partial charge is 0.313 e. The van der Waals surface area contributed by atoms with Crippen molar-refractivity contribution in [1.82, 2.24) is 4.90 Å². The highest BCUT2D eigenvalue weighted by molar-refractivity contribution is 6.39. The van der Waals surface area contributed by atoms with Crippen LogP contribution in [-0.4, -0.2) is 34.7 Å². The van der Waals surface area contributed by atoms with E-state index in [9.17, 15) is 19.7 Å². The van der Waals surface area contributed by atoms with Crippen molar-refractivity contribution in [3.63, 3.8) is 0 Å². The predicted molar refractivity (Wildman–Crippen MR) is 81.7 cm³/mol. The molecule has 1 aliphatic rings. The maximum atomic E-state index is 12.1. The SMILES string of the molecule is CC1CCCN(C(=O)C(=O)Nc2ccc(Cl)c([N+](=O)[O-])c2)C1. The molecule has 1 heterocycles. The van der Waals surface area contributed by atoms with E-state index in [1.807, 2.05) is 6.92 Å². The summed E-state index contributed by atoms with van der Waals surface area (Å²) in [4.78, 5) is 35.7. The molecule has 1 fully saturated rings. The van der Waals surface area contributed by atoms with Crippen LogP contribution >= 0.6 is 11.6 Å². The molecule has 0 radical (unpaired) electrons. The third kappa shape index (κ3) is 3.73. The fourth-order valence-corrected chi connectivity index (χ4v) is 2.62. The summed E-state index contributed by atoms with van der Waals surface area (Å²) in [6.07, 6.45) is 1.90. The van der Waals surface area contributed by atoms with Gasteiger partial charge in [-0.1, -0.05) is 18.5 Å². The highest BCUT2D eigenvalue weighted by Gasteiger charge is 2.26. The van der Waals surface area contributed by atoms with E-state index in [1.54, 1.807) is 0 Å². The van der Waals surface area contributed by atoms with Crippen LogP contribution in [-0.2, 0) is 9.59 Å². The molecule has 22 heavy (non-hydrogen) atoms. The van der Waals surface area contributed by atoms with Gasteiger partial charge in [0.1, 0.15) is 5.02 Å². The van der Waals surface area contributed by atoms with Gasteiger partial charge in [0, 0.05) is 24.8 Å². The zero-order chi connectivity index (χ0) is 16.3. The van der Waals surface area contributed by atoms with E-state index in [0.717, 1.165) is 18.9 Å². The molecule has 1 aromatic carbocycles. The maximum absolute atomic E-state index is 12.1. The molecule has 0 saturated carbocycles. The molecule has 1 aromatic rings. The zero-order valence-electron chi connectivity index (χ0n) is 12.0. The summed E-state index contributed by atoms with van der Waals surface area (Å²) in [5.74, 6) is -1.06. The number of amides is 2. The number of halogens is 1. The van der Waals surface area contributed by atoms with Gasteiger partial charge in [-0.3, -0.25) is 19.7 Å². The lowest BCUT2D eigenvalue weighted by atomic mass is 10.0. The molecular formula is C14H16ClN3O4. The Morgan fingerprint density at radius 3 is 2.82 bits per heavy atom. The average Bonchev–Trinajstić information content (AvgIpc) is 2.48. The molecule has 0 aliphatic carbocycles. The lowest BCUT2D eigenvalue weighted by molar-refractivity contribution is -0.384. The minimum Gasteiger partial charge on any atom is -0.334 e. The van der Waals surface area contributed by atoms with E-state index in [-0.39, 0.29) is 16.4 Å². The highest BCUT2D eigenvalue weighted by Crippen LogP contribution is 2.27. The second kappa shape index (κ2) is 6.74. The lowest BCUT2D eigenvalue weighted by Crippen LogP contribution is -2.44. The number of carbonyl (C=O) groups is 2. The van der Waals surface area contributed by atoms with Gasteiger partial charge in [-0.05, 0) is 30.9 Å². The normalized spacial score (nSPS) is 17.9. The topological polar surface area (TPSA) is 92.6 Å². The molecule has 2 amide bonds. The Balaban J connectivity index is 2.07. The van der Waals surface area contributed by atoms with Crippen LogP contribution in [0.3, 0.4) is 0 Å². The second-order valence-corrected chi connectivity index (χ2v) is 5.78.